The number of hydrogen-bond acceptors (Lipinski definition) is 3. The lowest BCUT2D eigenvalue weighted by Crippen LogP contribution is -2.20. The van der Waals surface area contributed by atoms with E-state index in [0.717, 1.165) is 11.1 Å². The van der Waals surface area contributed by atoms with E-state index in [1.165, 1.54) is 0 Å². The van der Waals surface area contributed by atoms with Crippen molar-refractivity contribution in [3.63, 3.8) is 0 Å². The second-order valence-electron chi connectivity index (χ2n) is 6.98. The zero-order chi connectivity index (χ0) is 21.2. The molecule has 144 valence electrons. The minimum atomic E-state index is -0.654. The van der Waals surface area contributed by atoms with Gasteiger partial charge in [0, 0.05) is 33.0 Å². The fourth-order valence-electron chi connectivity index (χ4n) is 3.56. The highest BCUT2D eigenvalue weighted by atomic mass is 16.6. The van der Waals surface area contributed by atoms with Crippen molar-refractivity contribution in [2.45, 2.75) is 0 Å². The molecule has 0 saturated carbocycles. The Kier molecular flexibility index (Phi) is 4.56. The van der Waals surface area contributed by atoms with Crippen LogP contribution in [0, 0.1) is 23.7 Å². The van der Waals surface area contributed by atoms with Crippen LogP contribution >= 0.6 is 0 Å². The predicted molar refractivity (Wildman–Crippen MR) is 119 cm³/mol. The molecule has 31 heavy (non-hydrogen) atoms. The Morgan fingerprint density at radius 2 is 0.935 bits per heavy atom. The number of benzene rings is 4. The molecule has 0 fully saturated rings. The number of carbonyl (C=O) groups is 2. The Bertz CT molecular complexity index is 1370. The second-order valence-corrected chi connectivity index (χ2v) is 6.98. The normalized spacial score (nSPS) is 11.7. The maximum Gasteiger partial charge on any atom is 0.346 e. The Morgan fingerprint density at radius 1 is 0.484 bits per heavy atom. The first kappa shape index (κ1) is 18.4. The number of hydrogen-bond donors (Lipinski definition) is 0. The molecule has 0 aliphatic carbocycles. The van der Waals surface area contributed by atoms with E-state index in [9.17, 15) is 9.59 Å². The highest BCUT2D eigenvalue weighted by molar-refractivity contribution is 6.22. The molecule has 0 saturated heterocycles. The third kappa shape index (κ3) is 3.46. The van der Waals surface area contributed by atoms with Crippen molar-refractivity contribution in [3.8, 4) is 23.7 Å². The number of carbonyl (C=O) groups excluding carboxylic acids is 2. The standard InChI is InChI=1S/C28H14O3/c29-27-23-17-15-21(13-11-19-7-3-1-4-8-19)25-22(14-12-20-9-5-2-6-10-20)16-18-24(26(23)25)28(30)31-27/h1-10,15-18H. The van der Waals surface area contributed by atoms with Crippen LogP contribution in [0.15, 0.2) is 84.9 Å². The van der Waals surface area contributed by atoms with E-state index in [1.807, 2.05) is 60.7 Å². The summed E-state index contributed by atoms with van der Waals surface area (Å²) in [5, 5.41) is 1.23. The molecule has 0 amide bonds. The zero-order valence-corrected chi connectivity index (χ0v) is 16.3. The van der Waals surface area contributed by atoms with Gasteiger partial charge in [-0.1, -0.05) is 60.1 Å². The summed E-state index contributed by atoms with van der Waals surface area (Å²) in [6.45, 7) is 0. The summed E-state index contributed by atoms with van der Waals surface area (Å²) >= 11 is 0. The van der Waals surface area contributed by atoms with Crippen LogP contribution in [0.3, 0.4) is 0 Å². The van der Waals surface area contributed by atoms with Crippen LogP contribution in [-0.2, 0) is 4.74 Å². The van der Waals surface area contributed by atoms with Crippen molar-refractivity contribution in [1.82, 2.24) is 0 Å². The number of ether oxygens (including phenoxy) is 1. The molecule has 4 aromatic carbocycles. The van der Waals surface area contributed by atoms with Crippen LogP contribution in [0.4, 0.5) is 0 Å². The highest BCUT2D eigenvalue weighted by Crippen LogP contribution is 2.33. The molecule has 1 aliphatic heterocycles. The van der Waals surface area contributed by atoms with Crippen LogP contribution in [0.1, 0.15) is 43.0 Å². The summed E-state index contributed by atoms with van der Waals surface area (Å²) in [5.41, 5.74) is 3.83. The van der Waals surface area contributed by atoms with Gasteiger partial charge in [-0.05, 0) is 48.5 Å². The number of rotatable bonds is 0. The Labute approximate surface area is 179 Å². The van der Waals surface area contributed by atoms with Crippen molar-refractivity contribution in [1.29, 1.82) is 0 Å². The Morgan fingerprint density at radius 3 is 1.39 bits per heavy atom. The minimum Gasteiger partial charge on any atom is -0.386 e. The van der Waals surface area contributed by atoms with Gasteiger partial charge in [0.2, 0.25) is 0 Å². The first-order valence-corrected chi connectivity index (χ1v) is 9.71. The monoisotopic (exact) mass is 398 g/mol. The molecule has 1 heterocycles. The van der Waals surface area contributed by atoms with Gasteiger partial charge in [-0.15, -0.1) is 0 Å². The van der Waals surface area contributed by atoms with Crippen LogP contribution in [0.2, 0.25) is 0 Å². The molecule has 0 bridgehead atoms. The molecule has 0 unspecified atom stereocenters. The average Bonchev–Trinajstić information content (AvgIpc) is 2.81. The highest BCUT2D eigenvalue weighted by Gasteiger charge is 2.28. The first-order valence-electron chi connectivity index (χ1n) is 9.71. The van der Waals surface area contributed by atoms with E-state index in [2.05, 4.69) is 23.7 Å². The van der Waals surface area contributed by atoms with Gasteiger partial charge in [0.1, 0.15) is 0 Å². The van der Waals surface area contributed by atoms with Crippen molar-refractivity contribution in [2.24, 2.45) is 0 Å². The molecule has 0 aromatic heterocycles. The molecule has 0 atom stereocenters. The lowest BCUT2D eigenvalue weighted by Gasteiger charge is -2.17. The summed E-state index contributed by atoms with van der Waals surface area (Å²) in [6, 6.07) is 26.1. The van der Waals surface area contributed by atoms with E-state index in [1.54, 1.807) is 24.3 Å². The molecular formula is C28H14O3. The molecule has 5 rings (SSSR count). The minimum absolute atomic E-state index is 0.346. The van der Waals surface area contributed by atoms with Gasteiger partial charge in [-0.2, -0.15) is 0 Å². The maximum absolute atomic E-state index is 12.3. The summed E-state index contributed by atoms with van der Waals surface area (Å²) in [7, 11) is 0. The van der Waals surface area contributed by atoms with Gasteiger partial charge in [0.25, 0.3) is 0 Å². The molecule has 3 nitrogen and oxygen atoms in total. The smallest absolute Gasteiger partial charge is 0.346 e. The third-order valence-corrected chi connectivity index (χ3v) is 5.02. The quantitative estimate of drug-likeness (QED) is 0.239. The van der Waals surface area contributed by atoms with Gasteiger partial charge < -0.3 is 4.74 Å². The van der Waals surface area contributed by atoms with E-state index in [4.69, 9.17) is 4.74 Å². The van der Waals surface area contributed by atoms with E-state index < -0.39 is 11.9 Å². The van der Waals surface area contributed by atoms with Crippen molar-refractivity contribution >= 4 is 22.7 Å². The number of esters is 2. The third-order valence-electron chi connectivity index (χ3n) is 5.02. The Hall–Kier alpha value is -4.60. The summed E-state index contributed by atoms with van der Waals surface area (Å²) < 4.78 is 4.89. The van der Waals surface area contributed by atoms with Crippen LogP contribution in [-0.4, -0.2) is 11.9 Å². The second kappa shape index (κ2) is 7.67. The summed E-state index contributed by atoms with van der Waals surface area (Å²) in [5.74, 6) is 11.4. The average molecular weight is 398 g/mol. The van der Waals surface area contributed by atoms with E-state index >= 15 is 0 Å². The van der Waals surface area contributed by atoms with Gasteiger partial charge >= 0.3 is 11.9 Å². The molecule has 4 aromatic rings. The molecule has 0 spiro atoms. The van der Waals surface area contributed by atoms with Gasteiger partial charge in [0.05, 0.1) is 11.1 Å². The van der Waals surface area contributed by atoms with Crippen molar-refractivity contribution in [2.75, 3.05) is 0 Å². The zero-order valence-electron chi connectivity index (χ0n) is 16.3. The number of cyclic esters (lactones) is 2. The summed E-state index contributed by atoms with van der Waals surface area (Å²) in [4.78, 5) is 24.7. The van der Waals surface area contributed by atoms with Gasteiger partial charge in [0.15, 0.2) is 0 Å². The maximum atomic E-state index is 12.3. The van der Waals surface area contributed by atoms with Crippen molar-refractivity contribution < 1.29 is 14.3 Å². The summed E-state index contributed by atoms with van der Waals surface area (Å²) in [6.07, 6.45) is 0. The molecule has 1 aliphatic rings. The molecule has 0 radical (unpaired) electrons. The van der Waals surface area contributed by atoms with Gasteiger partial charge in [-0.25, -0.2) is 9.59 Å². The lowest BCUT2D eigenvalue weighted by molar-refractivity contribution is 0.0391. The lowest BCUT2D eigenvalue weighted by atomic mass is 9.90. The van der Waals surface area contributed by atoms with Crippen LogP contribution in [0.25, 0.3) is 10.8 Å². The van der Waals surface area contributed by atoms with E-state index in [0.29, 0.717) is 33.0 Å². The Balaban J connectivity index is 1.78. The molecule has 3 heteroatoms. The predicted octanol–water partition coefficient (Wildman–Crippen LogP) is 4.95. The van der Waals surface area contributed by atoms with E-state index in [-0.39, 0.29) is 0 Å². The molecule has 0 N–H and O–H groups in total. The van der Waals surface area contributed by atoms with Crippen molar-refractivity contribution in [3.05, 3.63) is 118 Å². The first-order chi connectivity index (χ1) is 15.2. The van der Waals surface area contributed by atoms with Crippen LogP contribution < -0.4 is 0 Å². The fourth-order valence-corrected chi connectivity index (χ4v) is 3.56. The fraction of sp³-hybridized carbons (Fsp3) is 0. The molecular weight excluding hydrogens is 384 g/mol. The van der Waals surface area contributed by atoms with Crippen LogP contribution in [0.5, 0.6) is 0 Å². The topological polar surface area (TPSA) is 43.4 Å². The SMILES string of the molecule is O=C1OC(=O)c2ccc(C#Cc3ccccc3)c3c(C#Cc4ccccc4)ccc1c23. The largest absolute Gasteiger partial charge is 0.386 e. The van der Waals surface area contributed by atoms with Gasteiger partial charge in [-0.3, -0.25) is 0 Å².